The Labute approximate surface area is 153 Å². The minimum Gasteiger partial charge on any atom is -0.338 e. The molecule has 1 atom stereocenters. The lowest BCUT2D eigenvalue weighted by Gasteiger charge is -2.31. The number of hydrogen-bond acceptors (Lipinski definition) is 3. The van der Waals surface area contributed by atoms with Crippen molar-refractivity contribution in [2.45, 2.75) is 33.2 Å². The monoisotopic (exact) mass is 348 g/mol. The highest BCUT2D eigenvalue weighted by atomic mass is 16.2. The maximum atomic E-state index is 13.3. The lowest BCUT2D eigenvalue weighted by molar-refractivity contribution is 0.0685. The van der Waals surface area contributed by atoms with Crippen molar-refractivity contribution in [2.24, 2.45) is 5.92 Å². The van der Waals surface area contributed by atoms with Gasteiger partial charge in [-0.05, 0) is 37.8 Å². The number of amides is 1. The van der Waals surface area contributed by atoms with Gasteiger partial charge in [0.1, 0.15) is 0 Å². The van der Waals surface area contributed by atoms with Gasteiger partial charge < -0.3 is 4.90 Å². The van der Waals surface area contributed by atoms with E-state index in [1.54, 1.807) is 0 Å². The van der Waals surface area contributed by atoms with Crippen LogP contribution in [-0.4, -0.2) is 38.7 Å². The van der Waals surface area contributed by atoms with Crippen molar-refractivity contribution in [1.82, 2.24) is 19.7 Å². The average Bonchev–Trinajstić information content (AvgIpc) is 3.16. The molecule has 0 bridgehead atoms. The molecule has 2 aromatic heterocycles. The summed E-state index contributed by atoms with van der Waals surface area (Å²) in [7, 11) is 0. The van der Waals surface area contributed by atoms with E-state index in [0.717, 1.165) is 53.8 Å². The molecule has 3 heterocycles. The Balaban J connectivity index is 1.80. The van der Waals surface area contributed by atoms with Crippen LogP contribution >= 0.6 is 0 Å². The summed E-state index contributed by atoms with van der Waals surface area (Å²) in [6.07, 6.45) is 6.07. The number of para-hydroxylation sites is 1. The van der Waals surface area contributed by atoms with E-state index < -0.39 is 0 Å². The quantitative estimate of drug-likeness (QED) is 0.719. The third-order valence-electron chi connectivity index (χ3n) is 5.14. The molecule has 0 N–H and O–H groups in total. The lowest BCUT2D eigenvalue weighted by Crippen LogP contribution is -2.39. The molecule has 26 heavy (non-hydrogen) atoms. The Morgan fingerprint density at radius 3 is 2.92 bits per heavy atom. The van der Waals surface area contributed by atoms with Gasteiger partial charge in [-0.3, -0.25) is 9.48 Å². The van der Waals surface area contributed by atoms with Gasteiger partial charge in [-0.2, -0.15) is 5.10 Å². The van der Waals surface area contributed by atoms with Crippen molar-refractivity contribution in [1.29, 1.82) is 0 Å². The van der Waals surface area contributed by atoms with Crippen molar-refractivity contribution in [3.8, 4) is 11.3 Å². The highest BCUT2D eigenvalue weighted by molar-refractivity contribution is 6.07. The fourth-order valence-corrected chi connectivity index (χ4v) is 3.71. The van der Waals surface area contributed by atoms with Crippen LogP contribution in [0.15, 0.2) is 42.7 Å². The number of likely N-dealkylation sites (tertiary alicyclic amines) is 1. The molecule has 1 fully saturated rings. The number of pyridine rings is 1. The van der Waals surface area contributed by atoms with Crippen LogP contribution in [-0.2, 0) is 6.54 Å². The van der Waals surface area contributed by atoms with Crippen LogP contribution in [0, 0.1) is 5.92 Å². The Morgan fingerprint density at radius 1 is 1.31 bits per heavy atom. The first-order valence-electron chi connectivity index (χ1n) is 9.37. The topological polar surface area (TPSA) is 51.0 Å². The standard InChI is InChI=1S/C21H24N4O/c1-3-25-14-16(12-22-25)20-11-18(17-8-4-5-9-19(17)23-20)21(26)24-10-6-7-15(2)13-24/h4-5,8-9,11-12,14-15H,3,6-7,10,13H2,1-2H3. The van der Waals surface area contributed by atoms with Gasteiger partial charge in [0.2, 0.25) is 0 Å². The fraction of sp³-hybridized carbons (Fsp3) is 0.381. The Bertz CT molecular complexity index is 946. The van der Waals surface area contributed by atoms with Gasteiger partial charge >= 0.3 is 0 Å². The molecule has 5 nitrogen and oxygen atoms in total. The normalized spacial score (nSPS) is 17.6. The number of carbonyl (C=O) groups excluding carboxylic acids is 1. The molecule has 0 radical (unpaired) electrons. The molecule has 1 saturated heterocycles. The van der Waals surface area contributed by atoms with E-state index in [2.05, 4.69) is 18.9 Å². The van der Waals surface area contributed by atoms with Gasteiger partial charge in [-0.15, -0.1) is 0 Å². The predicted molar refractivity (Wildman–Crippen MR) is 103 cm³/mol. The molecule has 1 aliphatic heterocycles. The summed E-state index contributed by atoms with van der Waals surface area (Å²) >= 11 is 0. The maximum absolute atomic E-state index is 13.3. The summed E-state index contributed by atoms with van der Waals surface area (Å²) in [5, 5.41) is 5.27. The zero-order chi connectivity index (χ0) is 18.1. The third kappa shape index (κ3) is 3.09. The molecular formula is C21H24N4O. The first-order valence-corrected chi connectivity index (χ1v) is 9.37. The van der Waals surface area contributed by atoms with E-state index in [-0.39, 0.29) is 5.91 Å². The summed E-state index contributed by atoms with van der Waals surface area (Å²) in [5.74, 6) is 0.669. The number of piperidine rings is 1. The Kier molecular flexibility index (Phi) is 4.45. The number of aryl methyl sites for hydroxylation is 1. The minimum atomic E-state index is 0.110. The van der Waals surface area contributed by atoms with Crippen molar-refractivity contribution >= 4 is 16.8 Å². The number of fused-ring (bicyclic) bond motifs is 1. The maximum Gasteiger partial charge on any atom is 0.254 e. The summed E-state index contributed by atoms with van der Waals surface area (Å²) in [5.41, 5.74) is 3.34. The van der Waals surface area contributed by atoms with Gasteiger partial charge in [0.15, 0.2) is 0 Å². The molecule has 3 aromatic rings. The van der Waals surface area contributed by atoms with E-state index >= 15 is 0 Å². The molecule has 1 unspecified atom stereocenters. The van der Waals surface area contributed by atoms with Crippen LogP contribution in [0.3, 0.4) is 0 Å². The summed E-state index contributed by atoms with van der Waals surface area (Å²) in [6.45, 7) is 6.75. The predicted octanol–water partition coefficient (Wildman–Crippen LogP) is 3.99. The number of rotatable bonds is 3. The van der Waals surface area contributed by atoms with Gasteiger partial charge in [0, 0.05) is 36.8 Å². The Morgan fingerprint density at radius 2 is 2.15 bits per heavy atom. The SMILES string of the molecule is CCn1cc(-c2cc(C(=O)N3CCCC(C)C3)c3ccccc3n2)cn1. The van der Waals surface area contributed by atoms with E-state index in [4.69, 9.17) is 4.98 Å². The number of nitrogens with zero attached hydrogens (tertiary/aromatic N) is 4. The lowest BCUT2D eigenvalue weighted by atomic mass is 9.98. The van der Waals surface area contributed by atoms with Crippen molar-refractivity contribution < 1.29 is 4.79 Å². The molecular weight excluding hydrogens is 324 g/mol. The molecule has 0 aliphatic carbocycles. The smallest absolute Gasteiger partial charge is 0.254 e. The highest BCUT2D eigenvalue weighted by Crippen LogP contribution is 2.27. The van der Waals surface area contributed by atoms with Crippen LogP contribution < -0.4 is 0 Å². The van der Waals surface area contributed by atoms with E-state index in [9.17, 15) is 4.79 Å². The van der Waals surface area contributed by atoms with E-state index in [0.29, 0.717) is 5.92 Å². The van der Waals surface area contributed by atoms with Gasteiger partial charge in [0.25, 0.3) is 5.91 Å². The van der Waals surface area contributed by atoms with Crippen LogP contribution in [0.1, 0.15) is 37.0 Å². The van der Waals surface area contributed by atoms with Crippen LogP contribution in [0.2, 0.25) is 0 Å². The molecule has 1 aromatic carbocycles. The summed E-state index contributed by atoms with van der Waals surface area (Å²) in [6, 6.07) is 9.82. The third-order valence-corrected chi connectivity index (χ3v) is 5.14. The molecule has 1 amide bonds. The average molecular weight is 348 g/mol. The minimum absolute atomic E-state index is 0.110. The molecule has 134 valence electrons. The molecule has 1 aliphatic rings. The van der Waals surface area contributed by atoms with Gasteiger partial charge in [-0.1, -0.05) is 25.1 Å². The van der Waals surface area contributed by atoms with Crippen LogP contribution in [0.4, 0.5) is 0 Å². The second kappa shape index (κ2) is 6.90. The van der Waals surface area contributed by atoms with Gasteiger partial charge in [-0.25, -0.2) is 4.98 Å². The van der Waals surface area contributed by atoms with Crippen molar-refractivity contribution in [3.63, 3.8) is 0 Å². The van der Waals surface area contributed by atoms with Crippen LogP contribution in [0.25, 0.3) is 22.2 Å². The van der Waals surface area contributed by atoms with Crippen molar-refractivity contribution in [3.05, 3.63) is 48.3 Å². The zero-order valence-corrected chi connectivity index (χ0v) is 15.4. The summed E-state index contributed by atoms with van der Waals surface area (Å²) < 4.78 is 1.88. The second-order valence-electron chi connectivity index (χ2n) is 7.16. The fourth-order valence-electron chi connectivity index (χ4n) is 3.71. The van der Waals surface area contributed by atoms with Gasteiger partial charge in [0.05, 0.1) is 23.0 Å². The van der Waals surface area contributed by atoms with Crippen molar-refractivity contribution in [2.75, 3.05) is 13.1 Å². The molecule has 5 heteroatoms. The first kappa shape index (κ1) is 16.8. The first-order chi connectivity index (χ1) is 12.7. The molecule has 0 spiro atoms. The van der Waals surface area contributed by atoms with E-state index in [1.807, 2.05) is 52.3 Å². The number of carbonyl (C=O) groups is 1. The molecule has 0 saturated carbocycles. The van der Waals surface area contributed by atoms with E-state index in [1.165, 1.54) is 6.42 Å². The number of hydrogen-bond donors (Lipinski definition) is 0. The molecule has 4 rings (SSSR count). The van der Waals surface area contributed by atoms with Crippen LogP contribution in [0.5, 0.6) is 0 Å². The largest absolute Gasteiger partial charge is 0.338 e. The number of aromatic nitrogens is 3. The summed E-state index contributed by atoms with van der Waals surface area (Å²) in [4.78, 5) is 20.0. The Hall–Kier alpha value is -2.69. The highest BCUT2D eigenvalue weighted by Gasteiger charge is 2.24. The second-order valence-corrected chi connectivity index (χ2v) is 7.16. The number of benzene rings is 1. The zero-order valence-electron chi connectivity index (χ0n) is 15.4.